The Morgan fingerprint density at radius 1 is 1.20 bits per heavy atom. The summed E-state index contributed by atoms with van der Waals surface area (Å²) in [5, 5.41) is 11.9. The van der Waals surface area contributed by atoms with E-state index in [1.54, 1.807) is 57.6 Å². The predicted octanol–water partition coefficient (Wildman–Crippen LogP) is 3.13. The summed E-state index contributed by atoms with van der Waals surface area (Å²) in [6, 6.07) is 8.03. The van der Waals surface area contributed by atoms with E-state index < -0.39 is 41.8 Å². The lowest BCUT2D eigenvalue weighted by Gasteiger charge is -2.47. The second-order valence-corrected chi connectivity index (χ2v) is 10.4. The maximum Gasteiger partial charge on any atom is 0.355 e. The lowest BCUT2D eigenvalue weighted by molar-refractivity contribution is -0.305. The lowest BCUT2D eigenvalue weighted by atomic mass is 9.89. The number of benzene rings is 1. The number of carbonyl (C=O) groups is 1. The number of hydrogen-bond donors (Lipinski definition) is 2. The number of carbonyl (C=O) groups excluding carboxylic acids is 1. The van der Waals surface area contributed by atoms with Crippen molar-refractivity contribution in [2.24, 2.45) is 0 Å². The van der Waals surface area contributed by atoms with E-state index in [4.69, 9.17) is 28.1 Å². The van der Waals surface area contributed by atoms with Crippen LogP contribution in [0.5, 0.6) is 11.5 Å². The number of fused-ring (bicyclic) bond motifs is 1. The number of methoxy groups -OCH3 is 1. The van der Waals surface area contributed by atoms with Crippen LogP contribution in [0, 0.1) is 13.8 Å². The molecule has 0 amide bonds. The average Bonchev–Trinajstić information content (AvgIpc) is 3.60. The summed E-state index contributed by atoms with van der Waals surface area (Å²) in [4.78, 5) is 32.2. The number of H-pyrrole nitrogens is 1. The van der Waals surface area contributed by atoms with Crippen molar-refractivity contribution in [2.45, 2.75) is 64.4 Å². The van der Waals surface area contributed by atoms with Crippen LogP contribution in [-0.4, -0.2) is 69.5 Å². The number of nitrogens with one attached hydrogen (secondary N) is 1. The highest BCUT2D eigenvalue weighted by Gasteiger charge is 2.53. The number of nitrogens with zero attached hydrogens (tertiary/aromatic N) is 2. The maximum atomic E-state index is 12.9. The zero-order chi connectivity index (χ0) is 29.3. The Labute approximate surface area is 235 Å². The monoisotopic (exact) mass is 567 g/mol. The van der Waals surface area contributed by atoms with Gasteiger partial charge in [-0.05, 0) is 52.0 Å². The molecule has 0 unspecified atom stereocenters. The number of ether oxygens (including phenoxy) is 5. The van der Waals surface area contributed by atoms with E-state index in [-0.39, 0.29) is 11.3 Å². The zero-order valence-corrected chi connectivity index (χ0v) is 23.5. The van der Waals surface area contributed by atoms with Gasteiger partial charge in [-0.25, -0.2) is 14.6 Å². The molecule has 4 heterocycles. The molecule has 12 nitrogen and oxygen atoms in total. The Morgan fingerprint density at radius 3 is 2.68 bits per heavy atom. The second-order valence-electron chi connectivity index (χ2n) is 10.4. The van der Waals surface area contributed by atoms with Gasteiger partial charge in [0.25, 0.3) is 0 Å². The molecule has 1 fully saturated rings. The molecule has 0 spiro atoms. The van der Waals surface area contributed by atoms with Gasteiger partial charge in [0.05, 0.1) is 29.9 Å². The highest BCUT2D eigenvalue weighted by molar-refractivity contribution is 5.88. The van der Waals surface area contributed by atoms with Crippen LogP contribution in [0.4, 0.5) is 0 Å². The summed E-state index contributed by atoms with van der Waals surface area (Å²) in [6.07, 6.45) is 0.618. The standard InChI is InChI=1S/C29H33N3O9/c1-16-6-8-19(31-16)27(35)40-25-23(34)28(41-29(3,4)26(25)36-5)38-20-9-7-18-21(14-22(33)39-24(18)17(20)2)37-13-12-32-11-10-30-15-32/h6-11,14-15,23,25-26,28,31,34H,12-13H2,1-5H3/t23-,25+,26-,28-/m1/s1. The van der Waals surface area contributed by atoms with Gasteiger partial charge in [-0.2, -0.15) is 0 Å². The molecule has 4 atom stereocenters. The number of rotatable bonds is 9. The van der Waals surface area contributed by atoms with E-state index in [2.05, 4.69) is 9.97 Å². The van der Waals surface area contributed by atoms with E-state index in [1.165, 1.54) is 13.2 Å². The number of esters is 1. The maximum absolute atomic E-state index is 12.9. The lowest BCUT2D eigenvalue weighted by Crippen LogP contribution is -2.65. The topological polar surface area (TPSA) is 147 Å². The SMILES string of the molecule is CO[C@@H]1[C@@H](OC(=O)c2ccc(C)[nH]2)[C@@H](O)[C@H](Oc2ccc3c(OCCn4ccnc4)cc(=O)oc3c2C)OC1(C)C. The van der Waals surface area contributed by atoms with Crippen molar-refractivity contribution in [1.29, 1.82) is 0 Å². The van der Waals surface area contributed by atoms with Crippen LogP contribution < -0.4 is 15.1 Å². The molecule has 1 aromatic carbocycles. The van der Waals surface area contributed by atoms with E-state index >= 15 is 0 Å². The number of aliphatic hydroxyl groups is 1. The van der Waals surface area contributed by atoms with Crippen LogP contribution in [-0.2, 0) is 20.8 Å². The molecule has 12 heteroatoms. The van der Waals surface area contributed by atoms with Crippen molar-refractivity contribution >= 4 is 16.9 Å². The van der Waals surface area contributed by atoms with Gasteiger partial charge >= 0.3 is 11.6 Å². The van der Waals surface area contributed by atoms with Gasteiger partial charge in [0.15, 0.2) is 12.2 Å². The van der Waals surface area contributed by atoms with Crippen molar-refractivity contribution in [3.05, 3.63) is 76.4 Å². The molecule has 1 saturated heterocycles. The molecule has 1 aliphatic heterocycles. The van der Waals surface area contributed by atoms with Gasteiger partial charge in [-0.15, -0.1) is 0 Å². The molecular weight excluding hydrogens is 534 g/mol. The largest absolute Gasteiger partial charge is 0.491 e. The smallest absolute Gasteiger partial charge is 0.355 e. The fourth-order valence-electron chi connectivity index (χ4n) is 4.99. The van der Waals surface area contributed by atoms with Crippen molar-refractivity contribution in [3.8, 4) is 11.5 Å². The molecule has 0 radical (unpaired) electrons. The first kappa shape index (κ1) is 28.4. The second kappa shape index (κ2) is 11.4. The third-order valence-electron chi connectivity index (χ3n) is 7.05. The van der Waals surface area contributed by atoms with Crippen LogP contribution >= 0.6 is 0 Å². The minimum atomic E-state index is -1.41. The van der Waals surface area contributed by atoms with Gasteiger partial charge in [0, 0.05) is 30.8 Å². The van der Waals surface area contributed by atoms with Gasteiger partial charge in [-0.1, -0.05) is 0 Å². The molecule has 0 saturated carbocycles. The molecule has 0 bridgehead atoms. The molecule has 3 aromatic heterocycles. The minimum Gasteiger partial charge on any atom is -0.491 e. The van der Waals surface area contributed by atoms with Gasteiger partial charge in [0.2, 0.25) is 6.29 Å². The van der Waals surface area contributed by atoms with Crippen LogP contribution in [0.1, 0.15) is 35.6 Å². The Bertz CT molecular complexity index is 1570. The van der Waals surface area contributed by atoms with E-state index in [0.29, 0.717) is 35.6 Å². The average molecular weight is 568 g/mol. The number of aryl methyl sites for hydroxylation is 2. The Morgan fingerprint density at radius 2 is 2.00 bits per heavy atom. The van der Waals surface area contributed by atoms with E-state index in [9.17, 15) is 14.7 Å². The third-order valence-corrected chi connectivity index (χ3v) is 7.05. The highest BCUT2D eigenvalue weighted by Crippen LogP contribution is 2.37. The van der Waals surface area contributed by atoms with Gasteiger partial charge < -0.3 is 42.8 Å². The predicted molar refractivity (Wildman–Crippen MR) is 146 cm³/mol. The summed E-state index contributed by atoms with van der Waals surface area (Å²) in [5.41, 5.74) is 0.215. The van der Waals surface area contributed by atoms with Crippen molar-refractivity contribution < 1.29 is 38.0 Å². The Hall–Kier alpha value is -4.13. The first-order valence-corrected chi connectivity index (χ1v) is 13.2. The molecule has 2 N–H and O–H groups in total. The number of aliphatic hydroxyl groups excluding tert-OH is 1. The number of hydrogen-bond acceptors (Lipinski definition) is 10. The Kier molecular flexibility index (Phi) is 7.89. The summed E-state index contributed by atoms with van der Waals surface area (Å²) in [6.45, 7) is 7.90. The van der Waals surface area contributed by atoms with Crippen LogP contribution in [0.3, 0.4) is 0 Å². The van der Waals surface area contributed by atoms with Crippen molar-refractivity contribution in [2.75, 3.05) is 13.7 Å². The molecule has 218 valence electrons. The summed E-state index contributed by atoms with van der Waals surface area (Å²) >= 11 is 0. The van der Waals surface area contributed by atoms with E-state index in [0.717, 1.165) is 5.69 Å². The molecule has 4 aromatic rings. The summed E-state index contributed by atoms with van der Waals surface area (Å²) in [7, 11) is 1.45. The molecular formula is C29H33N3O9. The molecule has 0 aliphatic carbocycles. The fraction of sp³-hybridized carbons (Fsp3) is 0.414. The van der Waals surface area contributed by atoms with E-state index in [1.807, 2.05) is 17.7 Å². The zero-order valence-electron chi connectivity index (χ0n) is 23.5. The highest BCUT2D eigenvalue weighted by atomic mass is 16.7. The first-order valence-electron chi connectivity index (χ1n) is 13.2. The Balaban J connectivity index is 1.39. The van der Waals surface area contributed by atoms with Gasteiger partial charge in [0.1, 0.15) is 35.5 Å². The molecule has 41 heavy (non-hydrogen) atoms. The van der Waals surface area contributed by atoms with Crippen LogP contribution in [0.25, 0.3) is 11.0 Å². The first-order chi connectivity index (χ1) is 19.6. The van der Waals surface area contributed by atoms with Gasteiger partial charge in [-0.3, -0.25) is 0 Å². The molecule has 5 rings (SSSR count). The minimum absolute atomic E-state index is 0.245. The number of aromatic nitrogens is 3. The van der Waals surface area contributed by atoms with Crippen LogP contribution in [0.15, 0.2) is 58.3 Å². The summed E-state index contributed by atoms with van der Waals surface area (Å²) in [5.74, 6) is 0.0254. The van der Waals surface area contributed by atoms with Crippen molar-refractivity contribution in [3.63, 3.8) is 0 Å². The number of aromatic amines is 1. The quantitative estimate of drug-likeness (QED) is 0.228. The van der Waals surface area contributed by atoms with Crippen molar-refractivity contribution in [1.82, 2.24) is 14.5 Å². The molecule has 1 aliphatic rings. The van der Waals surface area contributed by atoms with Crippen LogP contribution in [0.2, 0.25) is 0 Å². The summed E-state index contributed by atoms with van der Waals surface area (Å²) < 4.78 is 36.8. The number of imidazole rings is 1. The third kappa shape index (κ3) is 5.85. The fourth-order valence-corrected chi connectivity index (χ4v) is 4.99. The normalized spacial score (nSPS) is 22.0.